The first-order valence-corrected chi connectivity index (χ1v) is 8.40. The van der Waals surface area contributed by atoms with Crippen LogP contribution in [0.3, 0.4) is 0 Å². The van der Waals surface area contributed by atoms with Crippen LogP contribution in [0.4, 0.5) is 11.4 Å². The lowest BCUT2D eigenvalue weighted by Crippen LogP contribution is -2.22. The van der Waals surface area contributed by atoms with E-state index in [1.807, 2.05) is 0 Å². The van der Waals surface area contributed by atoms with Crippen molar-refractivity contribution in [2.75, 3.05) is 10.0 Å². The molecule has 0 heterocycles. The molecule has 0 saturated carbocycles. The Balaban J connectivity index is 2.30. The highest BCUT2D eigenvalue weighted by Gasteiger charge is 2.15. The smallest absolute Gasteiger partial charge is 0.261 e. The molecule has 0 atom stereocenters. The Bertz CT molecular complexity index is 889. The van der Waals surface area contributed by atoms with Crippen LogP contribution in [0, 0.1) is 6.92 Å². The SMILES string of the molecule is CC(=O)Nc1ccc(S(=O)(=O)Nc2cc(C(=O)[O-])ccc2C)cc1. The van der Waals surface area contributed by atoms with Gasteiger partial charge in [-0.25, -0.2) is 8.42 Å². The van der Waals surface area contributed by atoms with E-state index in [4.69, 9.17) is 0 Å². The average molecular weight is 347 g/mol. The van der Waals surface area contributed by atoms with Crippen LogP contribution in [0.2, 0.25) is 0 Å². The fourth-order valence-electron chi connectivity index (χ4n) is 1.98. The predicted molar refractivity (Wildman–Crippen MR) is 87.1 cm³/mol. The second-order valence-corrected chi connectivity index (χ2v) is 6.81. The summed E-state index contributed by atoms with van der Waals surface area (Å²) in [7, 11) is -3.90. The third-order valence-corrected chi connectivity index (χ3v) is 4.58. The number of benzene rings is 2. The Morgan fingerprint density at radius 3 is 2.21 bits per heavy atom. The standard InChI is InChI=1S/C16H16N2O5S/c1-10-3-4-12(16(20)21)9-15(10)18-24(22,23)14-7-5-13(6-8-14)17-11(2)19/h3-9,18H,1-2H3,(H,17,19)(H,20,21)/p-1. The van der Waals surface area contributed by atoms with Crippen LogP contribution in [0.1, 0.15) is 22.8 Å². The number of carbonyl (C=O) groups is 2. The molecule has 0 spiro atoms. The summed E-state index contributed by atoms with van der Waals surface area (Å²) >= 11 is 0. The molecule has 0 fully saturated rings. The maximum atomic E-state index is 12.4. The molecular weight excluding hydrogens is 332 g/mol. The zero-order valence-corrected chi connectivity index (χ0v) is 13.8. The summed E-state index contributed by atoms with van der Waals surface area (Å²) in [5.74, 6) is -1.66. The van der Waals surface area contributed by atoms with Gasteiger partial charge in [0.1, 0.15) is 0 Å². The summed E-state index contributed by atoms with van der Waals surface area (Å²) in [5.41, 5.74) is 1.07. The Morgan fingerprint density at radius 1 is 1.04 bits per heavy atom. The van der Waals surface area contributed by atoms with Gasteiger partial charge in [0.2, 0.25) is 5.91 Å². The van der Waals surface area contributed by atoms with E-state index in [0.29, 0.717) is 11.3 Å². The molecule has 0 bridgehead atoms. The van der Waals surface area contributed by atoms with Crippen molar-refractivity contribution in [3.63, 3.8) is 0 Å². The molecule has 0 aliphatic heterocycles. The zero-order chi connectivity index (χ0) is 17.9. The molecule has 0 unspecified atom stereocenters. The molecule has 24 heavy (non-hydrogen) atoms. The molecule has 0 aliphatic rings. The molecule has 2 aromatic rings. The number of aromatic carboxylic acids is 1. The molecule has 8 heteroatoms. The molecule has 2 rings (SSSR count). The van der Waals surface area contributed by atoms with Crippen molar-refractivity contribution < 1.29 is 23.1 Å². The number of anilines is 2. The number of sulfonamides is 1. The summed E-state index contributed by atoms with van der Waals surface area (Å²) in [6, 6.07) is 9.62. The van der Waals surface area contributed by atoms with E-state index in [9.17, 15) is 23.1 Å². The van der Waals surface area contributed by atoms with Gasteiger partial charge in [0.15, 0.2) is 0 Å². The van der Waals surface area contributed by atoms with Crippen LogP contribution in [-0.4, -0.2) is 20.3 Å². The first kappa shape index (κ1) is 17.5. The quantitative estimate of drug-likeness (QED) is 0.841. The molecule has 1 amide bonds. The first-order chi connectivity index (χ1) is 11.2. The number of hydrogen-bond acceptors (Lipinski definition) is 5. The van der Waals surface area contributed by atoms with Gasteiger partial charge in [0.25, 0.3) is 10.0 Å². The fraction of sp³-hybridized carbons (Fsp3) is 0.125. The van der Waals surface area contributed by atoms with Crippen molar-refractivity contribution in [3.05, 3.63) is 53.6 Å². The lowest BCUT2D eigenvalue weighted by Gasteiger charge is -2.13. The number of aryl methyl sites for hydroxylation is 1. The van der Waals surface area contributed by atoms with Gasteiger partial charge in [-0.3, -0.25) is 9.52 Å². The maximum absolute atomic E-state index is 12.4. The van der Waals surface area contributed by atoms with Gasteiger partial charge in [0, 0.05) is 12.6 Å². The van der Waals surface area contributed by atoms with Gasteiger partial charge in [-0.1, -0.05) is 12.1 Å². The maximum Gasteiger partial charge on any atom is 0.261 e. The van der Waals surface area contributed by atoms with Crippen LogP contribution >= 0.6 is 0 Å². The lowest BCUT2D eigenvalue weighted by atomic mass is 10.1. The average Bonchev–Trinajstić information content (AvgIpc) is 2.49. The summed E-state index contributed by atoms with van der Waals surface area (Å²) < 4.78 is 27.2. The van der Waals surface area contributed by atoms with Crippen LogP contribution in [0.25, 0.3) is 0 Å². The van der Waals surface area contributed by atoms with Crippen molar-refractivity contribution in [1.82, 2.24) is 0 Å². The van der Waals surface area contributed by atoms with Crippen molar-refractivity contribution >= 4 is 33.3 Å². The second kappa shape index (κ2) is 6.71. The van der Waals surface area contributed by atoms with E-state index >= 15 is 0 Å². The van der Waals surface area contributed by atoms with Crippen LogP contribution in [-0.2, 0) is 14.8 Å². The molecule has 2 aromatic carbocycles. The molecule has 0 aliphatic carbocycles. The van der Waals surface area contributed by atoms with E-state index in [1.54, 1.807) is 6.92 Å². The number of rotatable bonds is 5. The highest BCUT2D eigenvalue weighted by atomic mass is 32.2. The number of carboxylic acids is 1. The first-order valence-electron chi connectivity index (χ1n) is 6.91. The Morgan fingerprint density at radius 2 is 1.67 bits per heavy atom. The second-order valence-electron chi connectivity index (χ2n) is 5.13. The van der Waals surface area contributed by atoms with Crippen LogP contribution in [0.15, 0.2) is 47.4 Å². The normalized spacial score (nSPS) is 10.9. The predicted octanol–water partition coefficient (Wildman–Crippen LogP) is 1.12. The number of carbonyl (C=O) groups excluding carboxylic acids is 2. The molecule has 0 radical (unpaired) electrons. The Kier molecular flexibility index (Phi) is 4.89. The lowest BCUT2D eigenvalue weighted by molar-refractivity contribution is -0.255. The summed E-state index contributed by atoms with van der Waals surface area (Å²) in [6.45, 7) is 3.00. The van der Waals surface area contributed by atoms with Crippen molar-refractivity contribution in [3.8, 4) is 0 Å². The largest absolute Gasteiger partial charge is 0.545 e. The van der Waals surface area contributed by atoms with E-state index in [0.717, 1.165) is 0 Å². The Labute approximate surface area is 139 Å². The topological polar surface area (TPSA) is 115 Å². The van der Waals surface area contributed by atoms with E-state index < -0.39 is 16.0 Å². The highest BCUT2D eigenvalue weighted by molar-refractivity contribution is 7.92. The molecule has 126 valence electrons. The van der Waals surface area contributed by atoms with Crippen molar-refractivity contribution in [2.24, 2.45) is 0 Å². The summed E-state index contributed by atoms with van der Waals surface area (Å²) in [6.07, 6.45) is 0. The van der Waals surface area contributed by atoms with E-state index in [-0.39, 0.29) is 22.1 Å². The number of amides is 1. The Hall–Kier alpha value is -2.87. The number of nitrogens with one attached hydrogen (secondary N) is 2. The summed E-state index contributed by atoms with van der Waals surface area (Å²) in [4.78, 5) is 21.8. The minimum atomic E-state index is -3.90. The van der Waals surface area contributed by atoms with Gasteiger partial charge >= 0.3 is 0 Å². The third kappa shape index (κ3) is 4.11. The van der Waals surface area contributed by atoms with Crippen LogP contribution in [0.5, 0.6) is 0 Å². The fourth-order valence-corrected chi connectivity index (χ4v) is 3.10. The van der Waals surface area contributed by atoms with Gasteiger partial charge in [-0.05, 0) is 48.4 Å². The highest BCUT2D eigenvalue weighted by Crippen LogP contribution is 2.22. The molecule has 0 aromatic heterocycles. The van der Waals surface area contributed by atoms with Crippen molar-refractivity contribution in [1.29, 1.82) is 0 Å². The minimum absolute atomic E-state index is 0.0187. The van der Waals surface area contributed by atoms with Crippen LogP contribution < -0.4 is 15.1 Å². The minimum Gasteiger partial charge on any atom is -0.545 e. The molecule has 2 N–H and O–H groups in total. The molecular formula is C16H15N2O5S-. The van der Waals surface area contributed by atoms with Crippen molar-refractivity contribution in [2.45, 2.75) is 18.7 Å². The van der Waals surface area contributed by atoms with Gasteiger partial charge in [0.05, 0.1) is 16.6 Å². The zero-order valence-electron chi connectivity index (χ0n) is 13.0. The van der Waals surface area contributed by atoms with E-state index in [2.05, 4.69) is 10.0 Å². The summed E-state index contributed by atoms with van der Waals surface area (Å²) in [5, 5.41) is 13.4. The monoisotopic (exact) mass is 347 g/mol. The number of hydrogen-bond donors (Lipinski definition) is 2. The van der Waals surface area contributed by atoms with Gasteiger partial charge < -0.3 is 15.2 Å². The number of carboxylic acid groups (broad SMARTS) is 1. The van der Waals surface area contributed by atoms with Gasteiger partial charge in [-0.2, -0.15) is 0 Å². The van der Waals surface area contributed by atoms with E-state index in [1.165, 1.54) is 49.4 Å². The third-order valence-electron chi connectivity index (χ3n) is 3.20. The molecule has 0 saturated heterocycles. The molecule has 7 nitrogen and oxygen atoms in total. The van der Waals surface area contributed by atoms with Gasteiger partial charge in [-0.15, -0.1) is 0 Å².